The summed E-state index contributed by atoms with van der Waals surface area (Å²) in [5.41, 5.74) is 9.50. The fraction of sp³-hybridized carbons (Fsp3) is 0.588. The molecule has 1 aromatic rings. The molecule has 25 heavy (non-hydrogen) atoms. The second-order valence-electron chi connectivity index (χ2n) is 6.65. The van der Waals surface area contributed by atoms with E-state index in [1.165, 1.54) is 0 Å². The van der Waals surface area contributed by atoms with Gasteiger partial charge in [0, 0.05) is 10.6 Å². The molecule has 0 bridgehead atoms. The predicted octanol–water partition coefficient (Wildman–Crippen LogP) is 3.02. The molecule has 1 amide bonds. The van der Waals surface area contributed by atoms with Gasteiger partial charge in [-0.25, -0.2) is 0 Å². The number of β-lactam (4-membered cyclic amide) rings is 1. The van der Waals surface area contributed by atoms with Crippen molar-refractivity contribution in [3.05, 3.63) is 34.7 Å². The third-order valence-electron chi connectivity index (χ3n) is 4.56. The molecule has 134 valence electrons. The van der Waals surface area contributed by atoms with Crippen molar-refractivity contribution in [2.24, 2.45) is 5.11 Å². The van der Waals surface area contributed by atoms with Gasteiger partial charge in [-0.05, 0) is 56.5 Å². The molecule has 1 aromatic carbocycles. The van der Waals surface area contributed by atoms with E-state index in [1.807, 2.05) is 26.0 Å². The molecule has 2 heterocycles. The number of hydrogen-bond acceptors (Lipinski definition) is 5. The Kier molecular flexibility index (Phi) is 4.85. The van der Waals surface area contributed by atoms with Crippen molar-refractivity contribution in [3.8, 4) is 5.75 Å². The number of amides is 1. The van der Waals surface area contributed by atoms with Crippen molar-refractivity contribution >= 4 is 11.6 Å². The van der Waals surface area contributed by atoms with Crippen molar-refractivity contribution < 1.29 is 19.0 Å². The average molecular weight is 346 g/mol. The lowest BCUT2D eigenvalue weighted by molar-refractivity contribution is -0.139. The van der Waals surface area contributed by atoms with Crippen LogP contribution in [0.15, 0.2) is 29.4 Å². The average Bonchev–Trinajstić information content (AvgIpc) is 2.95. The number of benzene rings is 1. The van der Waals surface area contributed by atoms with Gasteiger partial charge in [0.05, 0.1) is 25.9 Å². The van der Waals surface area contributed by atoms with Gasteiger partial charge in [0.15, 0.2) is 5.79 Å². The second-order valence-corrected chi connectivity index (χ2v) is 6.65. The van der Waals surface area contributed by atoms with Crippen LogP contribution in [0.4, 0.5) is 5.69 Å². The van der Waals surface area contributed by atoms with Gasteiger partial charge >= 0.3 is 0 Å². The summed E-state index contributed by atoms with van der Waals surface area (Å²) >= 11 is 0. The van der Waals surface area contributed by atoms with Gasteiger partial charge in [0.2, 0.25) is 5.91 Å². The summed E-state index contributed by atoms with van der Waals surface area (Å²) < 4.78 is 16.5. The summed E-state index contributed by atoms with van der Waals surface area (Å²) in [6, 6.07) is 6.42. The number of azide groups is 1. The number of ether oxygens (including phenoxy) is 3. The molecule has 0 spiro atoms. The molecule has 0 radical (unpaired) electrons. The molecule has 2 aliphatic heterocycles. The van der Waals surface area contributed by atoms with Gasteiger partial charge in [-0.2, -0.15) is 0 Å². The summed E-state index contributed by atoms with van der Waals surface area (Å²) in [4.78, 5) is 16.9. The first-order valence-electron chi connectivity index (χ1n) is 8.28. The quantitative estimate of drug-likeness (QED) is 0.342. The van der Waals surface area contributed by atoms with E-state index in [9.17, 15) is 4.79 Å². The highest BCUT2D eigenvalue weighted by Crippen LogP contribution is 2.35. The van der Waals surface area contributed by atoms with Crippen LogP contribution < -0.4 is 9.64 Å². The maximum atomic E-state index is 12.4. The first kappa shape index (κ1) is 17.5. The van der Waals surface area contributed by atoms with Crippen LogP contribution in [0.2, 0.25) is 0 Å². The maximum absolute atomic E-state index is 12.4. The molecule has 0 aliphatic carbocycles. The maximum Gasteiger partial charge on any atom is 0.238 e. The van der Waals surface area contributed by atoms with Crippen LogP contribution in [0.3, 0.4) is 0 Å². The van der Waals surface area contributed by atoms with E-state index >= 15 is 0 Å². The smallest absolute Gasteiger partial charge is 0.238 e. The van der Waals surface area contributed by atoms with Crippen LogP contribution in [-0.4, -0.2) is 43.6 Å². The molecule has 2 aliphatic rings. The first-order valence-corrected chi connectivity index (χ1v) is 8.28. The molecular formula is C17H22N4O4. The Hall–Kier alpha value is -2.28. The Balaban J connectivity index is 1.70. The van der Waals surface area contributed by atoms with Crippen LogP contribution in [-0.2, 0) is 14.3 Å². The lowest BCUT2D eigenvalue weighted by Gasteiger charge is -2.45. The Morgan fingerprint density at radius 1 is 1.36 bits per heavy atom. The highest BCUT2D eigenvalue weighted by molar-refractivity contribution is 6.05. The molecule has 8 heteroatoms. The Morgan fingerprint density at radius 3 is 2.64 bits per heavy atom. The van der Waals surface area contributed by atoms with Crippen molar-refractivity contribution in [2.45, 2.75) is 50.7 Å². The highest BCUT2D eigenvalue weighted by Gasteiger charge is 2.47. The fourth-order valence-electron chi connectivity index (χ4n) is 3.32. The van der Waals surface area contributed by atoms with Crippen molar-refractivity contribution in [1.82, 2.24) is 0 Å². The van der Waals surface area contributed by atoms with Gasteiger partial charge in [-0.1, -0.05) is 5.11 Å². The zero-order valence-electron chi connectivity index (χ0n) is 14.6. The van der Waals surface area contributed by atoms with E-state index in [1.54, 1.807) is 24.1 Å². The monoisotopic (exact) mass is 346 g/mol. The molecule has 3 rings (SSSR count). The van der Waals surface area contributed by atoms with E-state index in [0.717, 1.165) is 17.9 Å². The summed E-state index contributed by atoms with van der Waals surface area (Å²) in [7, 11) is 1.59. The normalized spacial score (nSPS) is 27.6. The lowest BCUT2D eigenvalue weighted by atomic mass is 9.89. The number of nitrogens with zero attached hydrogens (tertiary/aromatic N) is 4. The van der Waals surface area contributed by atoms with Crippen LogP contribution >= 0.6 is 0 Å². The Morgan fingerprint density at radius 2 is 2.08 bits per heavy atom. The third kappa shape index (κ3) is 3.56. The minimum atomic E-state index is -0.664. The molecular weight excluding hydrogens is 324 g/mol. The largest absolute Gasteiger partial charge is 0.497 e. The standard InChI is InChI=1S/C17H22N4O4/c1-17(2)24-10-13(25-17)8-9-14-15(19-20-18)16(22)21(14)11-4-6-12(23-3)7-5-11/h4-7,13-15H,8-10H2,1-3H3/t13-,14-,15+/m1/s1. The third-order valence-corrected chi connectivity index (χ3v) is 4.56. The number of methoxy groups -OCH3 is 1. The number of anilines is 1. The van der Waals surface area contributed by atoms with Crippen LogP contribution in [0.25, 0.3) is 10.4 Å². The summed E-state index contributed by atoms with van der Waals surface area (Å²) in [5, 5.41) is 3.67. The number of carbonyl (C=O) groups excluding carboxylic acids is 1. The van der Waals surface area contributed by atoms with Gasteiger partial charge < -0.3 is 19.1 Å². The SMILES string of the molecule is COc1ccc(N2C(=O)[C@@H](N=[N+]=[N-])[C@H]2CC[C@@H]2COC(C)(C)O2)cc1. The van der Waals surface area contributed by atoms with E-state index in [4.69, 9.17) is 19.7 Å². The first-order chi connectivity index (χ1) is 11.9. The van der Waals surface area contributed by atoms with Gasteiger partial charge in [-0.15, -0.1) is 0 Å². The Bertz CT molecular complexity index is 684. The molecule has 8 nitrogen and oxygen atoms in total. The summed E-state index contributed by atoms with van der Waals surface area (Å²) in [6.07, 6.45) is 1.38. The molecule has 3 atom stereocenters. The fourth-order valence-corrected chi connectivity index (χ4v) is 3.32. The van der Waals surface area contributed by atoms with E-state index in [0.29, 0.717) is 13.0 Å². The van der Waals surface area contributed by atoms with Crippen molar-refractivity contribution in [3.63, 3.8) is 0 Å². The van der Waals surface area contributed by atoms with E-state index in [2.05, 4.69) is 10.0 Å². The Labute approximate surface area is 146 Å². The van der Waals surface area contributed by atoms with Gasteiger partial charge in [0.1, 0.15) is 11.8 Å². The number of rotatable bonds is 6. The summed E-state index contributed by atoms with van der Waals surface area (Å²) in [5.74, 6) is -0.0320. The zero-order chi connectivity index (χ0) is 18.0. The van der Waals surface area contributed by atoms with Crippen molar-refractivity contribution in [2.75, 3.05) is 18.6 Å². The van der Waals surface area contributed by atoms with Gasteiger partial charge in [0.25, 0.3) is 0 Å². The molecule has 2 saturated heterocycles. The molecule has 0 aromatic heterocycles. The predicted molar refractivity (Wildman–Crippen MR) is 91.3 cm³/mol. The molecule has 2 fully saturated rings. The minimum absolute atomic E-state index is 0.0184. The number of carbonyl (C=O) groups is 1. The molecule has 0 saturated carbocycles. The van der Waals surface area contributed by atoms with E-state index in [-0.39, 0.29) is 18.1 Å². The second kappa shape index (κ2) is 6.92. The molecule has 0 N–H and O–H groups in total. The van der Waals surface area contributed by atoms with Crippen molar-refractivity contribution in [1.29, 1.82) is 0 Å². The summed E-state index contributed by atoms with van der Waals surface area (Å²) in [6.45, 7) is 4.29. The van der Waals surface area contributed by atoms with Crippen LogP contribution in [0, 0.1) is 0 Å². The van der Waals surface area contributed by atoms with Gasteiger partial charge in [-0.3, -0.25) is 4.79 Å². The zero-order valence-corrected chi connectivity index (χ0v) is 14.6. The molecule has 0 unspecified atom stereocenters. The van der Waals surface area contributed by atoms with Crippen LogP contribution in [0.5, 0.6) is 5.75 Å². The minimum Gasteiger partial charge on any atom is -0.497 e. The topological polar surface area (TPSA) is 96.8 Å². The lowest BCUT2D eigenvalue weighted by Crippen LogP contribution is -2.64. The van der Waals surface area contributed by atoms with E-state index < -0.39 is 11.8 Å². The highest BCUT2D eigenvalue weighted by atomic mass is 16.7. The number of hydrogen-bond donors (Lipinski definition) is 0. The van der Waals surface area contributed by atoms with Crippen LogP contribution in [0.1, 0.15) is 26.7 Å².